The quantitative estimate of drug-likeness (QED) is 0.631. The third-order valence-corrected chi connectivity index (χ3v) is 2.91. The minimum Gasteiger partial charge on any atom is -0.465 e. The van der Waals surface area contributed by atoms with Gasteiger partial charge in [0.05, 0.1) is 12.7 Å². The monoisotopic (exact) mass is 307 g/mol. The van der Waals surface area contributed by atoms with Gasteiger partial charge in [0.15, 0.2) is 0 Å². The first-order chi connectivity index (χ1) is 10.2. The standard InChI is InChI=1S/C16H21NO5/c1-16(2,3)22-15(20)17(4)13(10-18)11-8-6-7-9-12(11)14(19)21-5/h6-10,13H,1-5H3. The van der Waals surface area contributed by atoms with E-state index < -0.39 is 23.7 Å². The van der Waals surface area contributed by atoms with Crippen LogP contribution < -0.4 is 0 Å². The van der Waals surface area contributed by atoms with Crippen LogP contribution in [0.25, 0.3) is 0 Å². The third-order valence-electron chi connectivity index (χ3n) is 2.91. The number of likely N-dealkylation sites (N-methyl/N-ethyl adjacent to an activating group) is 1. The highest BCUT2D eigenvalue weighted by Gasteiger charge is 2.28. The Kier molecular flexibility index (Phi) is 5.68. The van der Waals surface area contributed by atoms with Crippen LogP contribution in [0.4, 0.5) is 4.79 Å². The lowest BCUT2D eigenvalue weighted by atomic mass is 10.0. The van der Waals surface area contributed by atoms with Crippen molar-refractivity contribution in [3.63, 3.8) is 0 Å². The molecule has 1 atom stereocenters. The summed E-state index contributed by atoms with van der Waals surface area (Å²) in [7, 11) is 2.70. The van der Waals surface area contributed by atoms with E-state index in [2.05, 4.69) is 0 Å². The molecule has 6 heteroatoms. The first-order valence-electron chi connectivity index (χ1n) is 6.79. The summed E-state index contributed by atoms with van der Waals surface area (Å²) in [5, 5.41) is 0. The summed E-state index contributed by atoms with van der Waals surface area (Å²) in [6, 6.07) is 5.55. The van der Waals surface area contributed by atoms with Crippen LogP contribution in [0.5, 0.6) is 0 Å². The molecular weight excluding hydrogens is 286 g/mol. The summed E-state index contributed by atoms with van der Waals surface area (Å²) in [6.45, 7) is 5.20. The smallest absolute Gasteiger partial charge is 0.410 e. The van der Waals surface area contributed by atoms with Gasteiger partial charge in [-0.2, -0.15) is 0 Å². The van der Waals surface area contributed by atoms with Crippen LogP contribution in [0, 0.1) is 0 Å². The summed E-state index contributed by atoms with van der Waals surface area (Å²) in [6.07, 6.45) is -0.0598. The van der Waals surface area contributed by atoms with E-state index in [0.717, 1.165) is 4.90 Å². The average Bonchev–Trinajstić information content (AvgIpc) is 2.45. The van der Waals surface area contributed by atoms with Crippen molar-refractivity contribution in [2.75, 3.05) is 14.2 Å². The summed E-state index contributed by atoms with van der Waals surface area (Å²) < 4.78 is 9.95. The van der Waals surface area contributed by atoms with Crippen molar-refractivity contribution in [3.8, 4) is 0 Å². The van der Waals surface area contributed by atoms with Crippen LogP contribution in [0.3, 0.4) is 0 Å². The van der Waals surface area contributed by atoms with Crippen molar-refractivity contribution in [2.24, 2.45) is 0 Å². The van der Waals surface area contributed by atoms with Crippen LogP contribution in [0.15, 0.2) is 24.3 Å². The van der Waals surface area contributed by atoms with Crippen molar-refractivity contribution in [1.82, 2.24) is 4.90 Å². The second kappa shape index (κ2) is 7.06. The number of ether oxygens (including phenoxy) is 2. The van der Waals surface area contributed by atoms with Crippen molar-refractivity contribution in [1.29, 1.82) is 0 Å². The SMILES string of the molecule is COC(=O)c1ccccc1C(C=O)N(C)C(=O)OC(C)(C)C. The molecule has 1 amide bonds. The fourth-order valence-electron chi connectivity index (χ4n) is 1.87. The molecule has 0 bridgehead atoms. The van der Waals surface area contributed by atoms with Gasteiger partial charge in [-0.25, -0.2) is 9.59 Å². The molecule has 0 aliphatic heterocycles. The molecule has 0 N–H and O–H groups in total. The number of esters is 1. The maximum absolute atomic E-state index is 12.1. The Labute approximate surface area is 130 Å². The van der Waals surface area contributed by atoms with Gasteiger partial charge in [0.25, 0.3) is 0 Å². The zero-order valence-corrected chi connectivity index (χ0v) is 13.5. The van der Waals surface area contributed by atoms with E-state index in [-0.39, 0.29) is 5.56 Å². The molecule has 0 aliphatic rings. The number of carbonyl (C=O) groups excluding carboxylic acids is 3. The molecule has 0 saturated carbocycles. The van der Waals surface area contributed by atoms with E-state index in [9.17, 15) is 14.4 Å². The highest BCUT2D eigenvalue weighted by molar-refractivity contribution is 5.92. The van der Waals surface area contributed by atoms with Crippen molar-refractivity contribution in [2.45, 2.75) is 32.4 Å². The van der Waals surface area contributed by atoms with Crippen LogP contribution in [0.1, 0.15) is 42.7 Å². The Balaban J connectivity index is 3.14. The van der Waals surface area contributed by atoms with Crippen LogP contribution in [-0.4, -0.2) is 43.0 Å². The molecule has 1 aromatic carbocycles. The Morgan fingerprint density at radius 2 is 1.82 bits per heavy atom. The second-order valence-electron chi connectivity index (χ2n) is 5.75. The largest absolute Gasteiger partial charge is 0.465 e. The van der Waals surface area contributed by atoms with E-state index >= 15 is 0 Å². The van der Waals surface area contributed by atoms with E-state index in [1.807, 2.05) is 0 Å². The van der Waals surface area contributed by atoms with Crippen molar-refractivity contribution >= 4 is 18.3 Å². The molecule has 0 spiro atoms. The number of hydrogen-bond acceptors (Lipinski definition) is 5. The topological polar surface area (TPSA) is 72.9 Å². The number of aldehydes is 1. The molecular formula is C16H21NO5. The van der Waals surface area contributed by atoms with Gasteiger partial charge < -0.3 is 14.3 Å². The molecule has 22 heavy (non-hydrogen) atoms. The number of rotatable bonds is 4. The Morgan fingerprint density at radius 1 is 1.23 bits per heavy atom. The van der Waals surface area contributed by atoms with E-state index in [4.69, 9.17) is 9.47 Å². The van der Waals surface area contributed by atoms with Gasteiger partial charge in [0.1, 0.15) is 17.9 Å². The number of carbonyl (C=O) groups is 3. The minimum absolute atomic E-state index is 0.234. The summed E-state index contributed by atoms with van der Waals surface area (Å²) in [5.74, 6) is -0.569. The zero-order chi connectivity index (χ0) is 16.9. The van der Waals surface area contributed by atoms with Gasteiger partial charge in [0.2, 0.25) is 0 Å². The molecule has 1 unspecified atom stereocenters. The number of benzene rings is 1. The van der Waals surface area contributed by atoms with Crippen molar-refractivity contribution < 1.29 is 23.9 Å². The van der Waals surface area contributed by atoms with Gasteiger partial charge in [0, 0.05) is 7.05 Å². The fraction of sp³-hybridized carbons (Fsp3) is 0.438. The molecule has 6 nitrogen and oxygen atoms in total. The molecule has 1 rings (SSSR count). The summed E-state index contributed by atoms with van der Waals surface area (Å²) >= 11 is 0. The molecule has 0 aliphatic carbocycles. The lowest BCUT2D eigenvalue weighted by molar-refractivity contribution is -0.112. The zero-order valence-electron chi connectivity index (χ0n) is 13.5. The van der Waals surface area contributed by atoms with Gasteiger partial charge >= 0.3 is 12.1 Å². The average molecular weight is 307 g/mol. The minimum atomic E-state index is -0.940. The van der Waals surface area contributed by atoms with Gasteiger partial charge in [-0.3, -0.25) is 4.90 Å². The summed E-state index contributed by atoms with van der Waals surface area (Å²) in [5.41, 5.74) is -0.0593. The first-order valence-corrected chi connectivity index (χ1v) is 6.79. The van der Waals surface area contributed by atoms with E-state index in [1.54, 1.807) is 45.0 Å². The number of amides is 1. The Hall–Kier alpha value is -2.37. The molecule has 0 radical (unpaired) electrons. The highest BCUT2D eigenvalue weighted by atomic mass is 16.6. The predicted molar refractivity (Wildman–Crippen MR) is 80.6 cm³/mol. The van der Waals surface area contributed by atoms with Crippen LogP contribution in [-0.2, 0) is 14.3 Å². The van der Waals surface area contributed by atoms with E-state index in [0.29, 0.717) is 11.8 Å². The predicted octanol–water partition coefficient (Wildman–Crippen LogP) is 2.58. The maximum atomic E-state index is 12.1. The number of methoxy groups -OCH3 is 1. The molecule has 0 heterocycles. The molecule has 0 fully saturated rings. The van der Waals surface area contributed by atoms with Gasteiger partial charge in [-0.05, 0) is 32.4 Å². The Bertz CT molecular complexity index is 562. The third kappa shape index (κ3) is 4.31. The molecule has 0 saturated heterocycles. The lowest BCUT2D eigenvalue weighted by Gasteiger charge is -2.28. The Morgan fingerprint density at radius 3 is 2.32 bits per heavy atom. The van der Waals surface area contributed by atoms with Gasteiger partial charge in [-0.15, -0.1) is 0 Å². The number of hydrogen-bond donors (Lipinski definition) is 0. The lowest BCUT2D eigenvalue weighted by Crippen LogP contribution is -2.37. The molecule has 1 aromatic rings. The highest BCUT2D eigenvalue weighted by Crippen LogP contribution is 2.24. The molecule has 120 valence electrons. The van der Waals surface area contributed by atoms with E-state index in [1.165, 1.54) is 14.2 Å². The second-order valence-corrected chi connectivity index (χ2v) is 5.75. The van der Waals surface area contributed by atoms with Crippen molar-refractivity contribution in [3.05, 3.63) is 35.4 Å². The van der Waals surface area contributed by atoms with Crippen LogP contribution in [0.2, 0.25) is 0 Å². The number of nitrogens with zero attached hydrogens (tertiary/aromatic N) is 1. The summed E-state index contributed by atoms with van der Waals surface area (Å²) in [4.78, 5) is 36.5. The van der Waals surface area contributed by atoms with Gasteiger partial charge in [-0.1, -0.05) is 18.2 Å². The first kappa shape index (κ1) is 17.7. The fourth-order valence-corrected chi connectivity index (χ4v) is 1.87. The normalized spacial score (nSPS) is 12.2. The maximum Gasteiger partial charge on any atom is 0.410 e. The molecule has 0 aromatic heterocycles. The van der Waals surface area contributed by atoms with Crippen LogP contribution >= 0.6 is 0 Å².